The van der Waals surface area contributed by atoms with Crippen molar-refractivity contribution in [1.82, 2.24) is 0 Å². The van der Waals surface area contributed by atoms with Crippen LogP contribution in [0.2, 0.25) is 0 Å². The van der Waals surface area contributed by atoms with Crippen molar-refractivity contribution in [3.63, 3.8) is 0 Å². The van der Waals surface area contributed by atoms with Crippen molar-refractivity contribution in [1.29, 1.82) is 0 Å². The summed E-state index contributed by atoms with van der Waals surface area (Å²) >= 11 is 0. The lowest BCUT2D eigenvalue weighted by Gasteiger charge is -2.31. The fraction of sp³-hybridized carbons (Fsp3) is 0.238. The summed E-state index contributed by atoms with van der Waals surface area (Å²) in [6.07, 6.45) is 3.85. The second kappa shape index (κ2) is 6.33. The maximum Gasteiger partial charge on any atom is 0.352 e. The highest BCUT2D eigenvalue weighted by Gasteiger charge is 2.31. The molecule has 0 saturated carbocycles. The summed E-state index contributed by atoms with van der Waals surface area (Å²) in [5, 5.41) is 0. The molecule has 2 aromatic carbocycles. The number of rotatable bonds is 1. The molecular formula is C21H18O3. The van der Waals surface area contributed by atoms with Gasteiger partial charge in [-0.3, -0.25) is 4.79 Å². The first-order valence-corrected chi connectivity index (χ1v) is 7.92. The average Bonchev–Trinajstić information content (AvgIpc) is 2.59. The fourth-order valence-corrected chi connectivity index (χ4v) is 2.90. The summed E-state index contributed by atoms with van der Waals surface area (Å²) in [6, 6.07) is 14.3. The van der Waals surface area contributed by atoms with Crippen LogP contribution in [0.4, 0.5) is 0 Å². The van der Waals surface area contributed by atoms with Gasteiger partial charge < -0.3 is 4.74 Å². The number of esters is 1. The molecule has 2 aromatic rings. The van der Waals surface area contributed by atoms with Crippen LogP contribution in [0.3, 0.4) is 0 Å². The van der Waals surface area contributed by atoms with E-state index in [9.17, 15) is 9.59 Å². The Morgan fingerprint density at radius 1 is 1.12 bits per heavy atom. The zero-order valence-electron chi connectivity index (χ0n) is 13.8. The molecular weight excluding hydrogens is 300 g/mol. The molecule has 3 heteroatoms. The van der Waals surface area contributed by atoms with Crippen LogP contribution in [0.5, 0.6) is 0 Å². The smallest absolute Gasteiger partial charge is 0.352 e. The summed E-state index contributed by atoms with van der Waals surface area (Å²) in [4.78, 5) is 24.0. The third-order valence-electron chi connectivity index (χ3n) is 4.37. The quantitative estimate of drug-likeness (QED) is 0.587. The predicted octanol–water partition coefficient (Wildman–Crippen LogP) is 4.11. The van der Waals surface area contributed by atoms with E-state index in [2.05, 4.69) is 25.9 Å². The summed E-state index contributed by atoms with van der Waals surface area (Å²) in [5.41, 5.74) is 2.91. The number of ether oxygens (including phenoxy) is 1. The molecule has 0 spiro atoms. The Morgan fingerprint density at radius 2 is 1.88 bits per heavy atom. The fourth-order valence-electron chi connectivity index (χ4n) is 2.90. The van der Waals surface area contributed by atoms with E-state index in [4.69, 9.17) is 4.74 Å². The minimum atomic E-state index is -0.488. The van der Waals surface area contributed by atoms with Gasteiger partial charge in [-0.15, -0.1) is 0 Å². The summed E-state index contributed by atoms with van der Waals surface area (Å²) < 4.78 is 4.96. The molecule has 0 aromatic heterocycles. The number of hydrogen-bond acceptors (Lipinski definition) is 3. The van der Waals surface area contributed by atoms with Gasteiger partial charge in [0.1, 0.15) is 6.11 Å². The first kappa shape index (κ1) is 16.0. The van der Waals surface area contributed by atoms with E-state index >= 15 is 0 Å². The van der Waals surface area contributed by atoms with Gasteiger partial charge in [0, 0.05) is 17.5 Å². The van der Waals surface area contributed by atoms with Crippen molar-refractivity contribution < 1.29 is 14.3 Å². The highest BCUT2D eigenvalue weighted by atomic mass is 16.5. The lowest BCUT2D eigenvalue weighted by Crippen LogP contribution is -2.27. The van der Waals surface area contributed by atoms with Gasteiger partial charge in [0.25, 0.3) is 0 Å². The van der Waals surface area contributed by atoms with Crippen molar-refractivity contribution in [2.45, 2.75) is 32.1 Å². The largest absolute Gasteiger partial charge is 0.368 e. The minimum Gasteiger partial charge on any atom is -0.368 e. The predicted molar refractivity (Wildman–Crippen MR) is 91.8 cm³/mol. The summed E-state index contributed by atoms with van der Waals surface area (Å²) in [6.45, 7) is 4.29. The van der Waals surface area contributed by atoms with E-state index in [1.165, 1.54) is 0 Å². The third kappa shape index (κ3) is 3.23. The molecule has 120 valence electrons. The van der Waals surface area contributed by atoms with Crippen molar-refractivity contribution in [3.05, 3.63) is 70.8 Å². The number of carbonyl (C=O) groups is 2. The first-order chi connectivity index (χ1) is 11.5. The normalized spacial score (nSPS) is 15.0. The molecule has 3 nitrogen and oxygen atoms in total. The first-order valence-electron chi connectivity index (χ1n) is 7.92. The maximum absolute atomic E-state index is 12.2. The Bertz CT molecular complexity index is 852. The zero-order chi connectivity index (χ0) is 17.2. The molecule has 3 rings (SSSR count). The zero-order valence-corrected chi connectivity index (χ0v) is 13.8. The van der Waals surface area contributed by atoms with Crippen LogP contribution in [0.15, 0.2) is 48.5 Å². The molecule has 0 fully saturated rings. The molecule has 1 aliphatic rings. The molecule has 0 unspecified atom stereocenters. The molecule has 24 heavy (non-hydrogen) atoms. The molecule has 0 saturated heterocycles. The number of fused-ring (bicyclic) bond motifs is 1. The topological polar surface area (TPSA) is 43.4 Å². The van der Waals surface area contributed by atoms with Crippen molar-refractivity contribution in [3.8, 4) is 12.0 Å². The third-order valence-corrected chi connectivity index (χ3v) is 4.37. The second-order valence-electron chi connectivity index (χ2n) is 6.55. The molecule has 0 amide bonds. The number of benzene rings is 2. The van der Waals surface area contributed by atoms with E-state index in [0.717, 1.165) is 17.5 Å². The van der Waals surface area contributed by atoms with Gasteiger partial charge >= 0.3 is 5.97 Å². The Labute approximate surface area is 141 Å². The van der Waals surface area contributed by atoms with Crippen LogP contribution < -0.4 is 0 Å². The SMILES string of the molecule is CC1(C)CCC(=O)c2cc(C#COC(=O)c3ccccc3)ccc21. The summed E-state index contributed by atoms with van der Waals surface area (Å²) in [5.74, 6) is 2.46. The minimum absolute atomic E-state index is 0.00498. The van der Waals surface area contributed by atoms with Crippen molar-refractivity contribution in [2.75, 3.05) is 0 Å². The lowest BCUT2D eigenvalue weighted by atomic mass is 9.72. The number of hydrogen-bond donors (Lipinski definition) is 0. The van der Waals surface area contributed by atoms with Gasteiger partial charge in [-0.2, -0.15) is 0 Å². The van der Waals surface area contributed by atoms with E-state index in [1.54, 1.807) is 30.3 Å². The van der Waals surface area contributed by atoms with Crippen LogP contribution in [-0.2, 0) is 10.2 Å². The van der Waals surface area contributed by atoms with Crippen LogP contribution in [0.1, 0.15) is 58.5 Å². The average molecular weight is 318 g/mol. The highest BCUT2D eigenvalue weighted by Crippen LogP contribution is 2.36. The Balaban J connectivity index is 1.79. The molecule has 0 bridgehead atoms. The molecule has 0 N–H and O–H groups in total. The van der Waals surface area contributed by atoms with Crippen LogP contribution in [0.25, 0.3) is 0 Å². The van der Waals surface area contributed by atoms with Crippen molar-refractivity contribution >= 4 is 11.8 Å². The van der Waals surface area contributed by atoms with Gasteiger partial charge in [-0.05, 0) is 47.6 Å². The lowest BCUT2D eigenvalue weighted by molar-refractivity contribution is 0.0690. The van der Waals surface area contributed by atoms with Gasteiger partial charge in [-0.25, -0.2) is 4.79 Å². The van der Waals surface area contributed by atoms with E-state index in [-0.39, 0.29) is 11.2 Å². The number of ketones is 1. The molecule has 0 aliphatic heterocycles. The van der Waals surface area contributed by atoms with Gasteiger partial charge in [-0.1, -0.05) is 38.1 Å². The Kier molecular flexibility index (Phi) is 4.22. The van der Waals surface area contributed by atoms with Crippen LogP contribution in [0, 0.1) is 12.0 Å². The molecule has 0 radical (unpaired) electrons. The Morgan fingerprint density at radius 3 is 2.62 bits per heavy atom. The van der Waals surface area contributed by atoms with E-state index in [0.29, 0.717) is 17.5 Å². The Hall–Kier alpha value is -2.86. The van der Waals surface area contributed by atoms with Gasteiger partial charge in [0.15, 0.2) is 5.78 Å². The van der Waals surface area contributed by atoms with E-state index in [1.807, 2.05) is 18.2 Å². The summed E-state index contributed by atoms with van der Waals surface area (Å²) in [7, 11) is 0. The number of Topliss-reactive ketones (excluding diaryl/α,β-unsaturated/α-hetero) is 1. The molecule has 0 atom stereocenters. The standard InChI is InChI=1S/C21H18O3/c1-21(2)12-10-19(22)17-14-15(8-9-18(17)21)11-13-24-20(23)16-6-4-3-5-7-16/h3-9,14H,10,12H2,1-2H3. The van der Waals surface area contributed by atoms with Gasteiger partial charge in [0.05, 0.1) is 5.56 Å². The monoisotopic (exact) mass is 318 g/mol. The van der Waals surface area contributed by atoms with Crippen molar-refractivity contribution in [2.24, 2.45) is 0 Å². The highest BCUT2D eigenvalue weighted by molar-refractivity contribution is 5.99. The molecule has 0 heterocycles. The number of carbonyl (C=O) groups excluding carboxylic acids is 2. The van der Waals surface area contributed by atoms with E-state index < -0.39 is 5.97 Å². The second-order valence-corrected chi connectivity index (χ2v) is 6.55. The van der Waals surface area contributed by atoms with Crippen LogP contribution >= 0.6 is 0 Å². The van der Waals surface area contributed by atoms with Crippen LogP contribution in [-0.4, -0.2) is 11.8 Å². The molecule has 1 aliphatic carbocycles. The van der Waals surface area contributed by atoms with Gasteiger partial charge in [0.2, 0.25) is 0 Å². The maximum atomic E-state index is 12.2.